The van der Waals surface area contributed by atoms with E-state index >= 15 is 0 Å². The number of sulfonamides is 1. The van der Waals surface area contributed by atoms with Crippen molar-refractivity contribution in [3.8, 4) is 22.8 Å². The summed E-state index contributed by atoms with van der Waals surface area (Å²) in [6.07, 6.45) is 0.396. The van der Waals surface area contributed by atoms with Gasteiger partial charge in [0, 0.05) is 15.9 Å². The average molecular weight is 411 g/mol. The number of hydrogen-bond acceptors (Lipinski definition) is 5. The molecule has 1 aromatic carbocycles. The molecule has 0 amide bonds. The highest BCUT2D eigenvalue weighted by Crippen LogP contribution is 2.45. The fourth-order valence-electron chi connectivity index (χ4n) is 1.72. The van der Waals surface area contributed by atoms with E-state index in [-0.39, 0.29) is 11.5 Å². The van der Waals surface area contributed by atoms with Crippen LogP contribution in [0.25, 0.3) is 11.3 Å². The van der Waals surface area contributed by atoms with Crippen molar-refractivity contribution in [2.75, 3.05) is 15.8 Å². The van der Waals surface area contributed by atoms with Crippen LogP contribution in [0, 0.1) is 0 Å². The van der Waals surface area contributed by atoms with Crippen molar-refractivity contribution in [2.24, 2.45) is 0 Å². The molecule has 0 bridgehead atoms. The first-order valence-corrected chi connectivity index (χ1v) is 9.36. The highest BCUT2D eigenvalue weighted by molar-refractivity contribution is 9.09. The summed E-state index contributed by atoms with van der Waals surface area (Å²) in [6, 6.07) is 6.30. The Kier molecular flexibility index (Phi) is 5.25. The summed E-state index contributed by atoms with van der Waals surface area (Å²) in [6.45, 7) is 0. The predicted octanol–water partition coefficient (Wildman–Crippen LogP) is 3.54. The number of rotatable bonds is 6. The van der Waals surface area contributed by atoms with Gasteiger partial charge in [-0.05, 0) is 30.7 Å². The number of hydrogen-bond donors (Lipinski definition) is 3. The molecule has 2 aromatic rings. The highest BCUT2D eigenvalue weighted by atomic mass is 79.9. The van der Waals surface area contributed by atoms with Gasteiger partial charge in [-0.1, -0.05) is 27.5 Å². The first-order valence-electron chi connectivity index (χ1n) is 6.21. The second-order valence-electron chi connectivity index (χ2n) is 4.43. The zero-order valence-corrected chi connectivity index (χ0v) is 14.4. The zero-order valence-electron chi connectivity index (χ0n) is 11.2. The first kappa shape index (κ1) is 17.0. The Bertz CT molecular complexity index is 757. The Morgan fingerprint density at radius 2 is 1.82 bits per heavy atom. The molecule has 0 aliphatic rings. The molecule has 0 radical (unpaired) electrons. The van der Waals surface area contributed by atoms with E-state index in [1.165, 1.54) is 0 Å². The number of anilines is 1. The maximum Gasteiger partial charge on any atom is 0.253 e. The maximum absolute atomic E-state index is 11.8. The van der Waals surface area contributed by atoms with Crippen molar-refractivity contribution >= 4 is 43.4 Å². The molecule has 0 spiro atoms. The lowest BCUT2D eigenvalue weighted by molar-refractivity contribution is 0.410. The van der Waals surface area contributed by atoms with Crippen molar-refractivity contribution in [3.05, 3.63) is 29.3 Å². The highest BCUT2D eigenvalue weighted by Gasteiger charge is 2.24. The topological polar surface area (TPSA) is 99.8 Å². The van der Waals surface area contributed by atoms with E-state index in [1.807, 2.05) is 0 Å². The van der Waals surface area contributed by atoms with E-state index < -0.39 is 27.4 Å². The predicted molar refractivity (Wildman–Crippen MR) is 88.3 cm³/mol. The molecule has 22 heavy (non-hydrogen) atoms. The van der Waals surface area contributed by atoms with Gasteiger partial charge in [0.25, 0.3) is 5.88 Å². The number of benzene rings is 1. The number of alkyl halides is 1. The molecule has 2 rings (SSSR count). The lowest BCUT2D eigenvalue weighted by Crippen LogP contribution is -2.16. The third-order valence-corrected chi connectivity index (χ3v) is 4.90. The van der Waals surface area contributed by atoms with Crippen LogP contribution in [-0.4, -0.2) is 29.7 Å². The number of nitrogens with one attached hydrogen (secondary N) is 1. The van der Waals surface area contributed by atoms with Gasteiger partial charge in [-0.25, -0.2) is 13.1 Å². The normalized spacial score (nSPS) is 11.5. The summed E-state index contributed by atoms with van der Waals surface area (Å²) in [5, 5.41) is 20.7. The van der Waals surface area contributed by atoms with Crippen LogP contribution in [0.1, 0.15) is 6.42 Å². The first-order chi connectivity index (χ1) is 10.3. The molecule has 0 aliphatic carbocycles. The van der Waals surface area contributed by atoms with Crippen LogP contribution >= 0.6 is 27.5 Å². The minimum absolute atomic E-state index is 0.0487. The summed E-state index contributed by atoms with van der Waals surface area (Å²) in [7, 11) is -3.68. The molecule has 0 fully saturated rings. The molecular weight excluding hydrogens is 398 g/mol. The maximum atomic E-state index is 11.8. The Balaban J connectivity index is 2.32. The van der Waals surface area contributed by atoms with E-state index in [0.717, 1.165) is 0 Å². The standard InChI is InChI=1S/C13H13BrClNO5S/c14-6-1-7-22(19,20)16-13-11(18)10(17)12(21-13)8-2-4-9(15)5-3-8/h2-5,16-18H,1,6-7H2. The minimum atomic E-state index is -3.68. The largest absolute Gasteiger partial charge is 0.502 e. The number of furan rings is 1. The van der Waals surface area contributed by atoms with Crippen LogP contribution < -0.4 is 4.72 Å². The van der Waals surface area contributed by atoms with E-state index in [9.17, 15) is 18.6 Å². The van der Waals surface area contributed by atoms with E-state index in [1.54, 1.807) is 24.3 Å². The van der Waals surface area contributed by atoms with Gasteiger partial charge in [-0.3, -0.25) is 0 Å². The third-order valence-electron chi connectivity index (χ3n) is 2.76. The van der Waals surface area contributed by atoms with Crippen LogP contribution in [-0.2, 0) is 10.0 Å². The molecule has 0 saturated carbocycles. The molecule has 120 valence electrons. The Hall–Kier alpha value is -1.38. The summed E-state index contributed by atoms with van der Waals surface area (Å²) in [5.41, 5.74) is 0.447. The summed E-state index contributed by atoms with van der Waals surface area (Å²) < 4.78 is 31.0. The van der Waals surface area contributed by atoms with Gasteiger partial charge in [-0.15, -0.1) is 0 Å². The summed E-state index contributed by atoms with van der Waals surface area (Å²) >= 11 is 8.91. The number of aromatic hydroxyl groups is 2. The van der Waals surface area contributed by atoms with Gasteiger partial charge >= 0.3 is 0 Å². The zero-order chi connectivity index (χ0) is 16.3. The van der Waals surface area contributed by atoms with Crippen molar-refractivity contribution in [2.45, 2.75) is 6.42 Å². The van der Waals surface area contributed by atoms with Gasteiger partial charge in [-0.2, -0.15) is 0 Å². The van der Waals surface area contributed by atoms with Crippen LogP contribution in [0.4, 0.5) is 5.88 Å². The van der Waals surface area contributed by atoms with Gasteiger partial charge in [0.1, 0.15) is 0 Å². The Morgan fingerprint density at radius 3 is 2.41 bits per heavy atom. The second kappa shape index (κ2) is 6.80. The van der Waals surface area contributed by atoms with Gasteiger partial charge in [0.05, 0.1) is 5.75 Å². The van der Waals surface area contributed by atoms with E-state index in [4.69, 9.17) is 16.0 Å². The van der Waals surface area contributed by atoms with Gasteiger partial charge < -0.3 is 14.6 Å². The molecule has 3 N–H and O–H groups in total. The van der Waals surface area contributed by atoms with Crippen molar-refractivity contribution < 1.29 is 23.0 Å². The fourth-order valence-corrected chi connectivity index (χ4v) is 3.54. The van der Waals surface area contributed by atoms with Crippen LogP contribution in [0.3, 0.4) is 0 Å². The molecule has 0 aliphatic heterocycles. The van der Waals surface area contributed by atoms with Gasteiger partial charge in [0.2, 0.25) is 21.5 Å². The second-order valence-corrected chi connectivity index (χ2v) is 7.50. The lowest BCUT2D eigenvalue weighted by atomic mass is 10.1. The van der Waals surface area contributed by atoms with Crippen LogP contribution in [0.2, 0.25) is 5.02 Å². The minimum Gasteiger partial charge on any atom is -0.502 e. The third kappa shape index (κ3) is 3.88. The van der Waals surface area contributed by atoms with Crippen molar-refractivity contribution in [1.82, 2.24) is 0 Å². The van der Waals surface area contributed by atoms with E-state index in [2.05, 4.69) is 20.7 Å². The molecule has 0 unspecified atom stereocenters. The van der Waals surface area contributed by atoms with Crippen LogP contribution in [0.15, 0.2) is 28.7 Å². The Morgan fingerprint density at radius 1 is 1.18 bits per heavy atom. The van der Waals surface area contributed by atoms with Crippen molar-refractivity contribution in [1.29, 1.82) is 0 Å². The molecule has 9 heteroatoms. The molecule has 1 heterocycles. The Labute approximate surface area is 140 Å². The van der Waals surface area contributed by atoms with E-state index in [0.29, 0.717) is 22.3 Å². The monoisotopic (exact) mass is 409 g/mol. The average Bonchev–Trinajstić information content (AvgIpc) is 2.74. The molecule has 0 atom stereocenters. The van der Waals surface area contributed by atoms with Crippen molar-refractivity contribution in [3.63, 3.8) is 0 Å². The molecule has 1 aromatic heterocycles. The quantitative estimate of drug-likeness (QED) is 0.633. The SMILES string of the molecule is O=S(=O)(CCCBr)Nc1oc(-c2ccc(Cl)cc2)c(O)c1O. The smallest absolute Gasteiger partial charge is 0.253 e. The molecular formula is C13H13BrClNO5S. The summed E-state index contributed by atoms with van der Waals surface area (Å²) in [5.74, 6) is -1.81. The number of halogens is 2. The lowest BCUT2D eigenvalue weighted by Gasteiger charge is -2.04. The van der Waals surface area contributed by atoms with Gasteiger partial charge in [0.15, 0.2) is 5.76 Å². The summed E-state index contributed by atoms with van der Waals surface area (Å²) in [4.78, 5) is 0. The van der Waals surface area contributed by atoms with Crippen LogP contribution in [0.5, 0.6) is 11.5 Å². The molecule has 6 nitrogen and oxygen atoms in total. The molecule has 0 saturated heterocycles. The fraction of sp³-hybridized carbons (Fsp3) is 0.231.